The van der Waals surface area contributed by atoms with Gasteiger partial charge in [-0.1, -0.05) is 42.1 Å². The van der Waals surface area contributed by atoms with Crippen molar-refractivity contribution in [2.45, 2.75) is 56.5 Å². The van der Waals surface area contributed by atoms with Gasteiger partial charge >= 0.3 is 6.03 Å². The molecular formula is C22H30N6O3S. The molecule has 3 heterocycles. The topological polar surface area (TPSA) is 101 Å². The number of nitrogens with zero attached hydrogens (tertiary/aromatic N) is 4. The van der Waals surface area contributed by atoms with Crippen LogP contribution in [0.4, 0.5) is 10.7 Å². The highest BCUT2D eigenvalue weighted by Crippen LogP contribution is 2.26. The lowest BCUT2D eigenvalue weighted by atomic mass is 10.1. The zero-order chi connectivity index (χ0) is 22.2. The van der Waals surface area contributed by atoms with Gasteiger partial charge in [0.2, 0.25) is 11.9 Å². The van der Waals surface area contributed by atoms with Gasteiger partial charge in [0.1, 0.15) is 0 Å². The summed E-state index contributed by atoms with van der Waals surface area (Å²) in [5, 5.41) is 14.6. The minimum Gasteiger partial charge on any atom is -0.376 e. The number of ether oxygens (including phenoxy) is 1. The van der Waals surface area contributed by atoms with E-state index in [0.717, 1.165) is 56.9 Å². The summed E-state index contributed by atoms with van der Waals surface area (Å²) in [6.45, 7) is 3.77. The van der Waals surface area contributed by atoms with Crippen LogP contribution in [0.2, 0.25) is 0 Å². The molecule has 0 radical (unpaired) electrons. The molecule has 3 amide bonds. The fraction of sp³-hybridized carbons (Fsp3) is 0.545. The van der Waals surface area contributed by atoms with Gasteiger partial charge in [-0.05, 0) is 37.7 Å². The number of nitrogens with one attached hydrogen (secondary N) is 2. The highest BCUT2D eigenvalue weighted by molar-refractivity contribution is 7.99. The van der Waals surface area contributed by atoms with Crippen LogP contribution in [0.5, 0.6) is 0 Å². The molecule has 2 N–H and O–H groups in total. The summed E-state index contributed by atoms with van der Waals surface area (Å²) in [5.74, 6) is 0.568. The van der Waals surface area contributed by atoms with E-state index in [2.05, 4.69) is 30.3 Å². The Hall–Kier alpha value is -2.59. The zero-order valence-electron chi connectivity index (χ0n) is 18.2. The number of amides is 3. The Morgan fingerprint density at radius 2 is 1.91 bits per heavy atom. The van der Waals surface area contributed by atoms with Crippen molar-refractivity contribution < 1.29 is 14.3 Å². The Bertz CT molecular complexity index is 894. The first-order valence-electron chi connectivity index (χ1n) is 11.2. The fourth-order valence-corrected chi connectivity index (χ4v) is 4.73. The normalized spacial score (nSPS) is 18.5. The molecule has 1 aromatic heterocycles. The number of urea groups is 1. The third-order valence-electron chi connectivity index (χ3n) is 5.63. The summed E-state index contributed by atoms with van der Waals surface area (Å²) in [5.41, 5.74) is 0.969. The summed E-state index contributed by atoms with van der Waals surface area (Å²) in [4.78, 5) is 26.6. The average Bonchev–Trinajstić information content (AvgIpc) is 3.48. The molecule has 32 heavy (non-hydrogen) atoms. The molecule has 1 atom stereocenters. The predicted octanol–water partition coefficient (Wildman–Crippen LogP) is 2.57. The fourth-order valence-electron chi connectivity index (χ4n) is 3.98. The van der Waals surface area contributed by atoms with Crippen molar-refractivity contribution >= 4 is 29.6 Å². The molecule has 1 unspecified atom stereocenters. The van der Waals surface area contributed by atoms with Gasteiger partial charge in [-0.3, -0.25) is 14.7 Å². The van der Waals surface area contributed by atoms with Gasteiger partial charge in [0, 0.05) is 26.2 Å². The van der Waals surface area contributed by atoms with E-state index < -0.39 is 6.03 Å². The standard InChI is InChI=1S/C22H30N6O3S/c29-19(24-20(30)23-14-17-8-3-1-4-9-17)16-32-22-26-25-21(27-11-5-2-6-12-27)28(22)15-18-10-7-13-31-18/h1,3-4,8-9,18H,2,5-7,10-16H2,(H2,23,24,29,30). The smallest absolute Gasteiger partial charge is 0.321 e. The van der Waals surface area contributed by atoms with Crippen molar-refractivity contribution in [1.82, 2.24) is 25.4 Å². The van der Waals surface area contributed by atoms with E-state index in [-0.39, 0.29) is 17.8 Å². The maximum absolute atomic E-state index is 12.3. The number of benzene rings is 1. The van der Waals surface area contributed by atoms with Crippen molar-refractivity contribution in [3.8, 4) is 0 Å². The molecule has 2 aromatic rings. The van der Waals surface area contributed by atoms with Gasteiger partial charge in [-0.15, -0.1) is 10.2 Å². The molecule has 172 valence electrons. The second-order valence-corrected chi connectivity index (χ2v) is 9.02. The molecular weight excluding hydrogens is 428 g/mol. The van der Waals surface area contributed by atoms with Gasteiger partial charge in [0.25, 0.3) is 0 Å². The third-order valence-corrected chi connectivity index (χ3v) is 6.59. The zero-order valence-corrected chi connectivity index (χ0v) is 19.0. The van der Waals surface area contributed by atoms with Gasteiger partial charge in [-0.25, -0.2) is 4.79 Å². The monoisotopic (exact) mass is 458 g/mol. The highest BCUT2D eigenvalue weighted by atomic mass is 32.2. The molecule has 0 saturated carbocycles. The lowest BCUT2D eigenvalue weighted by molar-refractivity contribution is -0.117. The van der Waals surface area contributed by atoms with Crippen LogP contribution in [0, 0.1) is 0 Å². The van der Waals surface area contributed by atoms with E-state index in [4.69, 9.17) is 4.74 Å². The van der Waals surface area contributed by atoms with Crippen LogP contribution < -0.4 is 15.5 Å². The molecule has 2 saturated heterocycles. The summed E-state index contributed by atoms with van der Waals surface area (Å²) in [7, 11) is 0. The first-order chi connectivity index (χ1) is 15.7. The highest BCUT2D eigenvalue weighted by Gasteiger charge is 2.25. The molecule has 1 aromatic carbocycles. The Morgan fingerprint density at radius 3 is 2.66 bits per heavy atom. The first-order valence-corrected chi connectivity index (χ1v) is 12.2. The summed E-state index contributed by atoms with van der Waals surface area (Å²) >= 11 is 1.29. The number of rotatable bonds is 8. The summed E-state index contributed by atoms with van der Waals surface area (Å²) < 4.78 is 7.91. The molecule has 10 heteroatoms. The predicted molar refractivity (Wildman–Crippen MR) is 123 cm³/mol. The van der Waals surface area contributed by atoms with Crippen LogP contribution in [-0.4, -0.2) is 58.3 Å². The first kappa shape index (κ1) is 22.6. The lowest BCUT2D eigenvalue weighted by Crippen LogP contribution is -2.40. The molecule has 4 rings (SSSR count). The van der Waals surface area contributed by atoms with E-state index in [1.54, 1.807) is 0 Å². The number of aromatic nitrogens is 3. The lowest BCUT2D eigenvalue weighted by Gasteiger charge is -2.28. The summed E-state index contributed by atoms with van der Waals surface area (Å²) in [6.07, 6.45) is 5.76. The number of anilines is 1. The van der Waals surface area contributed by atoms with Crippen molar-refractivity contribution in [2.24, 2.45) is 0 Å². The summed E-state index contributed by atoms with van der Waals surface area (Å²) in [6, 6.07) is 9.05. The van der Waals surface area contributed by atoms with Crippen LogP contribution in [0.15, 0.2) is 35.5 Å². The minimum atomic E-state index is -0.505. The van der Waals surface area contributed by atoms with Crippen molar-refractivity contribution in [2.75, 3.05) is 30.3 Å². The van der Waals surface area contributed by atoms with Crippen LogP contribution in [-0.2, 0) is 22.6 Å². The van der Waals surface area contributed by atoms with Gasteiger partial charge in [0.15, 0.2) is 5.16 Å². The van der Waals surface area contributed by atoms with E-state index in [1.165, 1.54) is 18.2 Å². The third kappa shape index (κ3) is 6.23. The minimum absolute atomic E-state index is 0.0857. The van der Waals surface area contributed by atoms with Crippen LogP contribution >= 0.6 is 11.8 Å². The maximum atomic E-state index is 12.3. The van der Waals surface area contributed by atoms with E-state index in [1.807, 2.05) is 30.3 Å². The number of hydrogen-bond acceptors (Lipinski definition) is 7. The second kappa shape index (κ2) is 11.3. The van der Waals surface area contributed by atoms with Crippen LogP contribution in [0.1, 0.15) is 37.7 Å². The quantitative estimate of drug-likeness (QED) is 0.586. The molecule has 2 aliphatic heterocycles. The Balaban J connectivity index is 1.32. The molecule has 2 aliphatic rings. The molecule has 0 bridgehead atoms. The molecule has 2 fully saturated rings. The van der Waals surface area contributed by atoms with Crippen molar-refractivity contribution in [3.05, 3.63) is 35.9 Å². The van der Waals surface area contributed by atoms with E-state index in [0.29, 0.717) is 18.2 Å². The van der Waals surface area contributed by atoms with Crippen molar-refractivity contribution in [1.29, 1.82) is 0 Å². The number of carbonyl (C=O) groups is 2. The van der Waals surface area contributed by atoms with Crippen molar-refractivity contribution in [3.63, 3.8) is 0 Å². The van der Waals surface area contributed by atoms with Gasteiger partial charge in [0.05, 0.1) is 18.4 Å². The SMILES string of the molecule is O=C(CSc1nnc(N2CCCCC2)n1CC1CCCO1)NC(=O)NCc1ccccc1. The van der Waals surface area contributed by atoms with Crippen LogP contribution in [0.3, 0.4) is 0 Å². The average molecular weight is 459 g/mol. The number of thioether (sulfide) groups is 1. The van der Waals surface area contributed by atoms with Crippen LogP contribution in [0.25, 0.3) is 0 Å². The van der Waals surface area contributed by atoms with E-state index >= 15 is 0 Å². The number of imide groups is 1. The molecule has 0 aliphatic carbocycles. The maximum Gasteiger partial charge on any atom is 0.321 e. The largest absolute Gasteiger partial charge is 0.376 e. The second-order valence-electron chi connectivity index (χ2n) is 8.08. The Kier molecular flexibility index (Phi) is 8.00. The van der Waals surface area contributed by atoms with Gasteiger partial charge in [-0.2, -0.15) is 0 Å². The van der Waals surface area contributed by atoms with Gasteiger partial charge < -0.3 is 15.0 Å². The number of carbonyl (C=O) groups excluding carboxylic acids is 2. The Labute approximate surface area is 192 Å². The molecule has 0 spiro atoms. The number of hydrogen-bond donors (Lipinski definition) is 2. The molecule has 9 nitrogen and oxygen atoms in total. The Morgan fingerprint density at radius 1 is 1.09 bits per heavy atom. The van der Waals surface area contributed by atoms with E-state index in [9.17, 15) is 9.59 Å². The number of piperidine rings is 1.